The van der Waals surface area contributed by atoms with Crippen molar-refractivity contribution < 1.29 is 0 Å². The molecule has 0 spiro atoms. The highest BCUT2D eigenvalue weighted by Crippen LogP contribution is 2.21. The van der Waals surface area contributed by atoms with Crippen molar-refractivity contribution in [2.75, 3.05) is 13.1 Å². The first-order valence-electron chi connectivity index (χ1n) is 6.84. The van der Waals surface area contributed by atoms with E-state index >= 15 is 0 Å². The van der Waals surface area contributed by atoms with Gasteiger partial charge in [0.1, 0.15) is 0 Å². The molecule has 0 aliphatic carbocycles. The molecule has 0 amide bonds. The van der Waals surface area contributed by atoms with Gasteiger partial charge in [0.25, 0.3) is 0 Å². The Morgan fingerprint density at radius 3 is 2.44 bits per heavy atom. The number of nitrogens with one attached hydrogen (secondary N) is 1. The van der Waals surface area contributed by atoms with Crippen molar-refractivity contribution in [1.29, 1.82) is 0 Å². The van der Waals surface area contributed by atoms with Crippen molar-refractivity contribution in [2.45, 2.75) is 47.1 Å². The van der Waals surface area contributed by atoms with Gasteiger partial charge in [-0.2, -0.15) is 5.10 Å². The Morgan fingerprint density at radius 1 is 1.22 bits per heavy atom. The van der Waals surface area contributed by atoms with Gasteiger partial charge in [0.15, 0.2) is 0 Å². The summed E-state index contributed by atoms with van der Waals surface area (Å²) in [6, 6.07) is 0.364. The standard InChI is InChI=1S/C14H26ClN3/c1-10(2)7-16-8-12(5)6-14-13(15)9-17-18(14)11(3)4/h9-12,16H,6-8H2,1-5H3. The van der Waals surface area contributed by atoms with Crippen LogP contribution in [0.15, 0.2) is 6.20 Å². The van der Waals surface area contributed by atoms with E-state index in [1.807, 2.05) is 4.68 Å². The molecule has 0 bridgehead atoms. The van der Waals surface area contributed by atoms with Gasteiger partial charge in [-0.1, -0.05) is 32.4 Å². The van der Waals surface area contributed by atoms with E-state index in [2.05, 4.69) is 45.0 Å². The molecule has 0 fully saturated rings. The van der Waals surface area contributed by atoms with E-state index in [4.69, 9.17) is 11.6 Å². The lowest BCUT2D eigenvalue weighted by Gasteiger charge is -2.17. The molecule has 1 rings (SSSR count). The van der Waals surface area contributed by atoms with Gasteiger partial charge in [0.05, 0.1) is 16.9 Å². The smallest absolute Gasteiger partial charge is 0.0818 e. The third-order valence-corrected chi connectivity index (χ3v) is 3.24. The van der Waals surface area contributed by atoms with Crippen LogP contribution in [0, 0.1) is 11.8 Å². The maximum absolute atomic E-state index is 6.21. The number of hydrogen-bond acceptors (Lipinski definition) is 2. The van der Waals surface area contributed by atoms with E-state index in [1.165, 1.54) is 0 Å². The summed E-state index contributed by atoms with van der Waals surface area (Å²) in [6.07, 6.45) is 2.73. The van der Waals surface area contributed by atoms with Crippen LogP contribution in [0.5, 0.6) is 0 Å². The van der Waals surface area contributed by atoms with E-state index in [-0.39, 0.29) is 0 Å². The second-order valence-corrected chi connectivity index (χ2v) is 6.25. The molecule has 1 unspecified atom stereocenters. The first kappa shape index (κ1) is 15.5. The van der Waals surface area contributed by atoms with Crippen LogP contribution < -0.4 is 5.32 Å². The summed E-state index contributed by atoms with van der Waals surface area (Å²) in [6.45, 7) is 13.1. The SMILES string of the molecule is CC(C)CNCC(C)Cc1c(Cl)cnn1C(C)C. The second-order valence-electron chi connectivity index (χ2n) is 5.84. The summed E-state index contributed by atoms with van der Waals surface area (Å²) in [5, 5.41) is 8.62. The Labute approximate surface area is 116 Å². The maximum atomic E-state index is 6.21. The molecule has 0 radical (unpaired) electrons. The summed E-state index contributed by atoms with van der Waals surface area (Å²) in [5.41, 5.74) is 1.16. The van der Waals surface area contributed by atoms with Crippen molar-refractivity contribution in [1.82, 2.24) is 15.1 Å². The van der Waals surface area contributed by atoms with Crippen LogP contribution >= 0.6 is 11.6 Å². The predicted octanol–water partition coefficient (Wildman–Crippen LogP) is 3.54. The number of nitrogens with zero attached hydrogens (tertiary/aromatic N) is 2. The molecule has 1 aromatic rings. The third-order valence-electron chi connectivity index (χ3n) is 2.92. The van der Waals surface area contributed by atoms with Gasteiger partial charge in [-0.05, 0) is 45.2 Å². The Balaban J connectivity index is 2.53. The molecule has 3 nitrogen and oxygen atoms in total. The lowest BCUT2D eigenvalue weighted by molar-refractivity contribution is 0.445. The molecular weight excluding hydrogens is 246 g/mol. The van der Waals surface area contributed by atoms with Crippen LogP contribution in [-0.4, -0.2) is 22.9 Å². The van der Waals surface area contributed by atoms with Gasteiger partial charge in [-0.15, -0.1) is 0 Å². The van der Waals surface area contributed by atoms with Crippen molar-refractivity contribution in [3.63, 3.8) is 0 Å². The van der Waals surface area contributed by atoms with Crippen molar-refractivity contribution in [3.8, 4) is 0 Å². The Hall–Kier alpha value is -0.540. The van der Waals surface area contributed by atoms with Crippen LogP contribution in [0.2, 0.25) is 5.02 Å². The van der Waals surface area contributed by atoms with Crippen molar-refractivity contribution in [3.05, 3.63) is 16.9 Å². The van der Waals surface area contributed by atoms with Crippen LogP contribution in [0.3, 0.4) is 0 Å². The molecule has 0 saturated heterocycles. The van der Waals surface area contributed by atoms with Crippen LogP contribution in [-0.2, 0) is 6.42 Å². The van der Waals surface area contributed by atoms with Gasteiger partial charge in [0, 0.05) is 6.04 Å². The summed E-state index contributed by atoms with van der Waals surface area (Å²) in [4.78, 5) is 0. The molecule has 18 heavy (non-hydrogen) atoms. The van der Waals surface area contributed by atoms with Crippen molar-refractivity contribution >= 4 is 11.6 Å². The largest absolute Gasteiger partial charge is 0.316 e. The average Bonchev–Trinajstić information content (AvgIpc) is 2.60. The normalized spacial score (nSPS) is 13.6. The zero-order valence-electron chi connectivity index (χ0n) is 12.2. The molecule has 0 aliphatic rings. The molecule has 104 valence electrons. The topological polar surface area (TPSA) is 29.9 Å². The first-order valence-corrected chi connectivity index (χ1v) is 7.22. The second kappa shape index (κ2) is 7.15. The van der Waals surface area contributed by atoms with Gasteiger partial charge >= 0.3 is 0 Å². The number of rotatable bonds is 7. The monoisotopic (exact) mass is 271 g/mol. The molecule has 4 heteroatoms. The molecule has 1 atom stereocenters. The van der Waals surface area contributed by atoms with E-state index < -0.39 is 0 Å². The fraction of sp³-hybridized carbons (Fsp3) is 0.786. The van der Waals surface area contributed by atoms with Gasteiger partial charge in [0.2, 0.25) is 0 Å². The zero-order chi connectivity index (χ0) is 13.7. The highest BCUT2D eigenvalue weighted by molar-refractivity contribution is 6.31. The van der Waals surface area contributed by atoms with E-state index in [9.17, 15) is 0 Å². The summed E-state index contributed by atoms with van der Waals surface area (Å²) in [7, 11) is 0. The molecule has 1 heterocycles. The molecule has 1 N–H and O–H groups in total. The fourth-order valence-corrected chi connectivity index (χ4v) is 2.23. The highest BCUT2D eigenvalue weighted by atomic mass is 35.5. The summed E-state index contributed by atoms with van der Waals surface area (Å²) >= 11 is 6.21. The van der Waals surface area contributed by atoms with E-state index in [0.717, 1.165) is 30.2 Å². The molecular formula is C14H26ClN3. The number of hydrogen-bond donors (Lipinski definition) is 1. The Morgan fingerprint density at radius 2 is 1.89 bits per heavy atom. The Kier molecular flexibility index (Phi) is 6.16. The summed E-state index contributed by atoms with van der Waals surface area (Å²) < 4.78 is 2.03. The number of aromatic nitrogens is 2. The maximum Gasteiger partial charge on any atom is 0.0818 e. The number of halogens is 1. The third kappa shape index (κ3) is 4.62. The van der Waals surface area contributed by atoms with E-state index in [1.54, 1.807) is 6.20 Å². The van der Waals surface area contributed by atoms with Crippen LogP contribution in [0.1, 0.15) is 46.4 Å². The first-order chi connectivity index (χ1) is 8.41. The van der Waals surface area contributed by atoms with Gasteiger partial charge in [-0.3, -0.25) is 4.68 Å². The quantitative estimate of drug-likeness (QED) is 0.822. The average molecular weight is 272 g/mol. The Bertz CT molecular complexity index is 358. The molecule has 0 aromatic carbocycles. The lowest BCUT2D eigenvalue weighted by atomic mass is 10.0. The minimum atomic E-state index is 0.364. The minimum Gasteiger partial charge on any atom is -0.316 e. The van der Waals surface area contributed by atoms with Crippen LogP contribution in [0.25, 0.3) is 0 Å². The zero-order valence-corrected chi connectivity index (χ0v) is 13.0. The molecule has 0 saturated carbocycles. The molecule has 1 aromatic heterocycles. The summed E-state index contributed by atoms with van der Waals surface area (Å²) in [5.74, 6) is 1.26. The lowest BCUT2D eigenvalue weighted by Crippen LogP contribution is -2.26. The minimum absolute atomic E-state index is 0.364. The highest BCUT2D eigenvalue weighted by Gasteiger charge is 2.14. The molecule has 0 aliphatic heterocycles. The van der Waals surface area contributed by atoms with Crippen LogP contribution in [0.4, 0.5) is 0 Å². The van der Waals surface area contributed by atoms with Gasteiger partial charge in [-0.25, -0.2) is 0 Å². The van der Waals surface area contributed by atoms with Crippen molar-refractivity contribution in [2.24, 2.45) is 11.8 Å². The fourth-order valence-electron chi connectivity index (χ4n) is 2.02. The van der Waals surface area contributed by atoms with E-state index in [0.29, 0.717) is 17.9 Å². The predicted molar refractivity (Wildman–Crippen MR) is 78.2 cm³/mol. The van der Waals surface area contributed by atoms with Gasteiger partial charge < -0.3 is 5.32 Å².